The molecule has 7 nitrogen and oxygen atoms in total. The predicted molar refractivity (Wildman–Crippen MR) is 75.4 cm³/mol. The molecule has 0 spiro atoms. The van der Waals surface area contributed by atoms with E-state index in [9.17, 15) is 19.5 Å². The number of carboxylic acid groups (broad SMARTS) is 1. The number of hydrogen-bond acceptors (Lipinski definition) is 5. The van der Waals surface area contributed by atoms with E-state index in [2.05, 4.69) is 0 Å². The fraction of sp³-hybridized carbons (Fsp3) is 0.267. The predicted octanol–water partition coefficient (Wildman–Crippen LogP) is 1.06. The minimum atomic E-state index is -1.23. The average molecular weight is 305 g/mol. The van der Waals surface area contributed by atoms with Crippen molar-refractivity contribution in [2.45, 2.75) is 13.0 Å². The minimum Gasteiger partial charge on any atom is -0.503 e. The highest BCUT2D eigenvalue weighted by Gasteiger charge is 2.43. The van der Waals surface area contributed by atoms with Crippen molar-refractivity contribution in [1.82, 2.24) is 4.90 Å². The van der Waals surface area contributed by atoms with Crippen molar-refractivity contribution in [3.05, 3.63) is 41.2 Å². The number of amides is 1. The number of aliphatic hydroxyl groups excluding tert-OH is 1. The molecule has 0 bridgehead atoms. The largest absolute Gasteiger partial charge is 0.503 e. The first-order valence-corrected chi connectivity index (χ1v) is 6.47. The molecule has 1 aliphatic heterocycles. The maximum atomic E-state index is 12.0. The van der Waals surface area contributed by atoms with Crippen LogP contribution in [0.1, 0.15) is 18.5 Å². The summed E-state index contributed by atoms with van der Waals surface area (Å²) in [7, 11) is 1.50. The zero-order chi connectivity index (χ0) is 16.4. The summed E-state index contributed by atoms with van der Waals surface area (Å²) in [5.74, 6) is -2.71. The van der Waals surface area contributed by atoms with Crippen molar-refractivity contribution in [3.63, 3.8) is 0 Å². The molecular formula is C15H15NO6. The first-order valence-electron chi connectivity index (χ1n) is 6.47. The van der Waals surface area contributed by atoms with Gasteiger partial charge in [-0.05, 0) is 24.6 Å². The monoisotopic (exact) mass is 305 g/mol. The van der Waals surface area contributed by atoms with Crippen molar-refractivity contribution < 1.29 is 29.3 Å². The van der Waals surface area contributed by atoms with Gasteiger partial charge < -0.3 is 19.8 Å². The number of Topliss-reactive ketones (excluding diaryl/α,β-unsaturated/α-hetero) is 1. The summed E-state index contributed by atoms with van der Waals surface area (Å²) < 4.78 is 5.04. The summed E-state index contributed by atoms with van der Waals surface area (Å²) in [5.41, 5.74) is 0.418. The Balaban J connectivity index is 2.50. The van der Waals surface area contributed by atoms with Gasteiger partial charge in [0, 0.05) is 0 Å². The second-order valence-corrected chi connectivity index (χ2v) is 4.82. The van der Waals surface area contributed by atoms with Crippen LogP contribution in [0.15, 0.2) is 35.6 Å². The lowest BCUT2D eigenvalue weighted by atomic mass is 9.96. The molecule has 0 aromatic heterocycles. The second kappa shape index (κ2) is 5.88. The van der Waals surface area contributed by atoms with Crippen LogP contribution in [-0.2, 0) is 14.4 Å². The number of aliphatic carboxylic acids is 1. The van der Waals surface area contributed by atoms with Crippen LogP contribution in [0.4, 0.5) is 0 Å². The highest BCUT2D eigenvalue weighted by Crippen LogP contribution is 2.37. The van der Waals surface area contributed by atoms with Crippen LogP contribution >= 0.6 is 0 Å². The van der Waals surface area contributed by atoms with Crippen LogP contribution in [0.3, 0.4) is 0 Å². The Morgan fingerprint density at radius 2 is 1.86 bits per heavy atom. The van der Waals surface area contributed by atoms with Gasteiger partial charge in [-0.25, -0.2) is 0 Å². The van der Waals surface area contributed by atoms with E-state index < -0.39 is 36.0 Å². The number of rotatable bonds is 5. The van der Waals surface area contributed by atoms with E-state index in [4.69, 9.17) is 9.84 Å². The van der Waals surface area contributed by atoms with Gasteiger partial charge in [0.2, 0.25) is 0 Å². The van der Waals surface area contributed by atoms with E-state index in [1.165, 1.54) is 14.0 Å². The molecule has 1 aromatic carbocycles. The smallest absolute Gasteiger partial charge is 0.323 e. The fourth-order valence-electron chi connectivity index (χ4n) is 2.45. The Hall–Kier alpha value is -2.83. The van der Waals surface area contributed by atoms with Crippen molar-refractivity contribution in [2.24, 2.45) is 0 Å². The SMILES string of the molecule is COc1ccc([C@@H]2C(C(C)=O)=C(O)C(=O)N2CC(=O)O)cc1. The van der Waals surface area contributed by atoms with Crippen LogP contribution in [0.2, 0.25) is 0 Å². The summed E-state index contributed by atoms with van der Waals surface area (Å²) >= 11 is 0. The van der Waals surface area contributed by atoms with E-state index >= 15 is 0 Å². The number of carbonyl (C=O) groups is 3. The van der Waals surface area contributed by atoms with E-state index in [0.717, 1.165) is 4.90 Å². The van der Waals surface area contributed by atoms with Gasteiger partial charge in [-0.15, -0.1) is 0 Å². The van der Waals surface area contributed by atoms with Crippen LogP contribution in [0, 0.1) is 0 Å². The Labute approximate surface area is 126 Å². The van der Waals surface area contributed by atoms with Gasteiger partial charge >= 0.3 is 5.97 Å². The quantitative estimate of drug-likeness (QED) is 0.843. The molecule has 116 valence electrons. The molecule has 0 radical (unpaired) electrons. The van der Waals surface area contributed by atoms with Gasteiger partial charge in [-0.1, -0.05) is 12.1 Å². The highest BCUT2D eigenvalue weighted by molar-refractivity contribution is 6.08. The number of nitrogens with zero attached hydrogens (tertiary/aromatic N) is 1. The Morgan fingerprint density at radius 3 is 2.32 bits per heavy atom. The number of ketones is 1. The van der Waals surface area contributed by atoms with Gasteiger partial charge in [-0.2, -0.15) is 0 Å². The normalized spacial score (nSPS) is 17.8. The lowest BCUT2D eigenvalue weighted by Gasteiger charge is -2.25. The van der Waals surface area contributed by atoms with E-state index in [1.54, 1.807) is 24.3 Å². The molecule has 2 rings (SSSR count). The van der Waals surface area contributed by atoms with Crippen LogP contribution < -0.4 is 4.74 Å². The zero-order valence-electron chi connectivity index (χ0n) is 12.1. The third kappa shape index (κ3) is 2.65. The summed E-state index contributed by atoms with van der Waals surface area (Å²) in [6.45, 7) is 0.607. The Kier molecular flexibility index (Phi) is 4.16. The third-order valence-corrected chi connectivity index (χ3v) is 3.42. The fourth-order valence-corrected chi connectivity index (χ4v) is 2.45. The van der Waals surface area contributed by atoms with Gasteiger partial charge in [0.1, 0.15) is 12.3 Å². The molecule has 0 aliphatic carbocycles. The van der Waals surface area contributed by atoms with Crippen LogP contribution in [0.5, 0.6) is 5.75 Å². The van der Waals surface area contributed by atoms with Crippen molar-refractivity contribution in [2.75, 3.05) is 13.7 Å². The van der Waals surface area contributed by atoms with E-state index in [-0.39, 0.29) is 5.57 Å². The molecule has 0 saturated heterocycles. The topological polar surface area (TPSA) is 104 Å². The average Bonchev–Trinajstić information content (AvgIpc) is 2.72. The highest BCUT2D eigenvalue weighted by atomic mass is 16.5. The molecule has 7 heteroatoms. The molecule has 0 unspecified atom stereocenters. The van der Waals surface area contributed by atoms with Crippen molar-refractivity contribution >= 4 is 17.7 Å². The Morgan fingerprint density at radius 1 is 1.27 bits per heavy atom. The molecule has 1 aliphatic rings. The first kappa shape index (κ1) is 15.6. The van der Waals surface area contributed by atoms with Gasteiger partial charge in [0.25, 0.3) is 5.91 Å². The number of aliphatic hydroxyl groups is 1. The van der Waals surface area contributed by atoms with Crippen LogP contribution in [-0.4, -0.2) is 46.4 Å². The maximum Gasteiger partial charge on any atom is 0.323 e. The molecule has 1 aromatic rings. The molecule has 1 atom stereocenters. The van der Waals surface area contributed by atoms with Crippen LogP contribution in [0.25, 0.3) is 0 Å². The number of ether oxygens (including phenoxy) is 1. The molecule has 22 heavy (non-hydrogen) atoms. The summed E-state index contributed by atoms with van der Waals surface area (Å²) in [6.07, 6.45) is 0. The standard InChI is InChI=1S/C15H15NO6/c1-8(17)12-13(9-3-5-10(22-2)6-4-9)16(7-11(18)19)15(21)14(12)20/h3-6,13,20H,7H2,1-2H3,(H,18,19)/t13-/m1/s1. The molecule has 0 saturated carbocycles. The number of benzene rings is 1. The van der Waals surface area contributed by atoms with Crippen molar-refractivity contribution in [1.29, 1.82) is 0 Å². The number of hydrogen-bond donors (Lipinski definition) is 2. The number of carboxylic acids is 1. The van der Waals surface area contributed by atoms with E-state index in [1.807, 2.05) is 0 Å². The lowest BCUT2D eigenvalue weighted by Crippen LogP contribution is -2.35. The Bertz CT molecular complexity index is 661. The zero-order valence-corrected chi connectivity index (χ0v) is 12.1. The molecule has 1 amide bonds. The second-order valence-electron chi connectivity index (χ2n) is 4.82. The number of carbonyl (C=O) groups excluding carboxylic acids is 2. The molecule has 1 heterocycles. The summed E-state index contributed by atoms with van der Waals surface area (Å²) in [6, 6.07) is 5.57. The van der Waals surface area contributed by atoms with Gasteiger partial charge in [-0.3, -0.25) is 14.4 Å². The maximum absolute atomic E-state index is 12.0. The molecule has 0 fully saturated rings. The molecule has 2 N–H and O–H groups in total. The van der Waals surface area contributed by atoms with Gasteiger partial charge in [0.05, 0.1) is 18.7 Å². The summed E-state index contributed by atoms with van der Waals surface area (Å²) in [5, 5.41) is 18.8. The lowest BCUT2D eigenvalue weighted by molar-refractivity contribution is -0.144. The van der Waals surface area contributed by atoms with Gasteiger partial charge in [0.15, 0.2) is 11.5 Å². The summed E-state index contributed by atoms with van der Waals surface area (Å²) in [4.78, 5) is 35.7. The van der Waals surface area contributed by atoms with Crippen molar-refractivity contribution in [3.8, 4) is 5.75 Å². The minimum absolute atomic E-state index is 0.101. The molecular weight excluding hydrogens is 290 g/mol. The van der Waals surface area contributed by atoms with E-state index in [0.29, 0.717) is 11.3 Å². The third-order valence-electron chi connectivity index (χ3n) is 3.42. The first-order chi connectivity index (χ1) is 10.4. The number of methoxy groups -OCH3 is 1.